The van der Waals surface area contributed by atoms with Crippen LogP contribution in [0.25, 0.3) is 22.4 Å². The lowest BCUT2D eigenvalue weighted by molar-refractivity contribution is 0.524. The van der Waals surface area contributed by atoms with Crippen LogP contribution in [0.4, 0.5) is 0 Å². The first-order chi connectivity index (χ1) is 9.89. The van der Waals surface area contributed by atoms with Crippen molar-refractivity contribution in [3.8, 4) is 11.4 Å². The van der Waals surface area contributed by atoms with Crippen LogP contribution in [0.15, 0.2) is 40.1 Å². The molecule has 7 nitrogen and oxygen atoms in total. The van der Waals surface area contributed by atoms with Crippen molar-refractivity contribution < 1.29 is 12.8 Å². The number of nitrogens with two attached hydrogens (primary N) is 1. The van der Waals surface area contributed by atoms with Crippen molar-refractivity contribution in [3.05, 3.63) is 30.5 Å². The maximum Gasteiger partial charge on any atom is 0.273 e. The fraction of sp³-hybridized carbons (Fsp3) is 0.231. The summed E-state index contributed by atoms with van der Waals surface area (Å²) in [6.45, 7) is 3.67. The highest BCUT2D eigenvalue weighted by atomic mass is 32.2. The van der Waals surface area contributed by atoms with Gasteiger partial charge in [-0.15, -0.1) is 10.2 Å². The highest BCUT2D eigenvalue weighted by Gasteiger charge is 2.25. The van der Waals surface area contributed by atoms with E-state index in [0.29, 0.717) is 17.0 Å². The SMILES string of the molecule is CC(C)n1c(-c2coc3ccccc23)nnc1S(N)(=O)=O. The van der Waals surface area contributed by atoms with Crippen molar-refractivity contribution in [3.63, 3.8) is 0 Å². The summed E-state index contributed by atoms with van der Waals surface area (Å²) >= 11 is 0. The van der Waals surface area contributed by atoms with Crippen LogP contribution in [-0.2, 0) is 10.0 Å². The zero-order chi connectivity index (χ0) is 15.2. The Bertz CT molecular complexity index is 909. The molecule has 3 rings (SSSR count). The molecular weight excluding hydrogens is 292 g/mol. The molecule has 8 heteroatoms. The quantitative estimate of drug-likeness (QED) is 0.796. The van der Waals surface area contributed by atoms with Gasteiger partial charge in [-0.05, 0) is 19.9 Å². The lowest BCUT2D eigenvalue weighted by Gasteiger charge is -2.12. The highest BCUT2D eigenvalue weighted by Crippen LogP contribution is 2.31. The summed E-state index contributed by atoms with van der Waals surface area (Å²) in [7, 11) is -3.94. The van der Waals surface area contributed by atoms with Crippen LogP contribution in [0.1, 0.15) is 19.9 Å². The van der Waals surface area contributed by atoms with Crippen molar-refractivity contribution in [2.24, 2.45) is 5.14 Å². The molecule has 1 aromatic carbocycles. The maximum absolute atomic E-state index is 11.6. The molecule has 0 unspecified atom stereocenters. The van der Waals surface area contributed by atoms with Crippen LogP contribution in [0, 0.1) is 0 Å². The second kappa shape index (κ2) is 4.68. The summed E-state index contributed by atoms with van der Waals surface area (Å²) in [5.41, 5.74) is 1.38. The minimum atomic E-state index is -3.94. The normalized spacial score (nSPS) is 12.4. The summed E-state index contributed by atoms with van der Waals surface area (Å²) < 4.78 is 30.2. The average Bonchev–Trinajstić information content (AvgIpc) is 3.01. The Labute approximate surface area is 121 Å². The first kappa shape index (κ1) is 13.8. The molecule has 0 aliphatic heterocycles. The van der Waals surface area contributed by atoms with Gasteiger partial charge in [0.05, 0.1) is 5.56 Å². The van der Waals surface area contributed by atoms with Gasteiger partial charge in [-0.3, -0.25) is 4.57 Å². The van der Waals surface area contributed by atoms with E-state index in [-0.39, 0.29) is 11.2 Å². The van der Waals surface area contributed by atoms with Crippen molar-refractivity contribution in [2.45, 2.75) is 25.0 Å². The predicted molar refractivity (Wildman–Crippen MR) is 77.0 cm³/mol. The number of nitrogens with zero attached hydrogens (tertiary/aromatic N) is 3. The van der Waals surface area contributed by atoms with Gasteiger partial charge >= 0.3 is 0 Å². The fourth-order valence-corrected chi connectivity index (χ4v) is 3.00. The molecule has 110 valence electrons. The van der Waals surface area contributed by atoms with Crippen LogP contribution in [0.2, 0.25) is 0 Å². The van der Waals surface area contributed by atoms with E-state index < -0.39 is 10.0 Å². The molecule has 21 heavy (non-hydrogen) atoms. The Hall–Kier alpha value is -2.19. The molecule has 0 fully saturated rings. The molecule has 0 aliphatic rings. The van der Waals surface area contributed by atoms with E-state index in [1.165, 1.54) is 4.57 Å². The summed E-state index contributed by atoms with van der Waals surface area (Å²) in [5.74, 6) is 0.416. The third-order valence-corrected chi connectivity index (χ3v) is 3.94. The summed E-state index contributed by atoms with van der Waals surface area (Å²) in [5, 5.41) is 13.5. The Kier molecular flexibility index (Phi) is 3.07. The first-order valence-corrected chi connectivity index (χ1v) is 7.88. The number of furan rings is 1. The molecule has 2 aromatic heterocycles. The van der Waals surface area contributed by atoms with Crippen molar-refractivity contribution in [2.75, 3.05) is 0 Å². The minimum absolute atomic E-state index is 0.169. The van der Waals surface area contributed by atoms with Gasteiger partial charge in [0.15, 0.2) is 5.82 Å². The highest BCUT2D eigenvalue weighted by molar-refractivity contribution is 7.89. The second-order valence-electron chi connectivity index (χ2n) is 4.96. The number of aromatic nitrogens is 3. The lowest BCUT2D eigenvalue weighted by Crippen LogP contribution is -2.20. The summed E-state index contributed by atoms with van der Waals surface area (Å²) in [6, 6.07) is 7.27. The van der Waals surface area contributed by atoms with E-state index in [2.05, 4.69) is 10.2 Å². The zero-order valence-electron chi connectivity index (χ0n) is 11.5. The van der Waals surface area contributed by atoms with Gasteiger partial charge in [-0.2, -0.15) is 0 Å². The van der Waals surface area contributed by atoms with Gasteiger partial charge in [0.25, 0.3) is 15.2 Å². The van der Waals surface area contributed by atoms with Gasteiger partial charge in [-0.25, -0.2) is 13.6 Å². The van der Waals surface area contributed by atoms with E-state index in [1.807, 2.05) is 38.1 Å². The predicted octanol–water partition coefficient (Wildman–Crippen LogP) is 1.92. The van der Waals surface area contributed by atoms with E-state index >= 15 is 0 Å². The van der Waals surface area contributed by atoms with Crippen LogP contribution in [-0.4, -0.2) is 23.2 Å². The Balaban J connectivity index is 2.31. The Morgan fingerprint density at radius 1 is 1.24 bits per heavy atom. The number of rotatable bonds is 3. The standard InChI is InChI=1S/C13H14N4O3S/c1-8(2)17-12(15-16-13(17)21(14,18)19)10-7-20-11-6-4-3-5-9(10)11/h3-8H,1-2H3,(H2,14,18,19). The summed E-state index contributed by atoms with van der Waals surface area (Å²) in [6.07, 6.45) is 1.54. The van der Waals surface area contributed by atoms with Crippen molar-refractivity contribution in [1.29, 1.82) is 0 Å². The van der Waals surface area contributed by atoms with E-state index in [9.17, 15) is 8.42 Å². The van der Waals surface area contributed by atoms with Gasteiger partial charge in [0.1, 0.15) is 11.8 Å². The molecule has 0 bridgehead atoms. The number of hydrogen-bond donors (Lipinski definition) is 1. The summed E-state index contributed by atoms with van der Waals surface area (Å²) in [4.78, 5) is 0. The molecule has 0 aliphatic carbocycles. The number of hydrogen-bond acceptors (Lipinski definition) is 5. The van der Waals surface area contributed by atoms with E-state index in [0.717, 1.165) is 5.39 Å². The number of fused-ring (bicyclic) bond motifs is 1. The maximum atomic E-state index is 11.6. The third-order valence-electron chi connectivity index (χ3n) is 3.16. The molecule has 0 amide bonds. The van der Waals surface area contributed by atoms with Crippen LogP contribution in [0.3, 0.4) is 0 Å². The lowest BCUT2D eigenvalue weighted by atomic mass is 10.1. The molecule has 0 radical (unpaired) electrons. The fourth-order valence-electron chi connectivity index (χ4n) is 2.27. The van der Waals surface area contributed by atoms with E-state index in [1.54, 1.807) is 6.26 Å². The van der Waals surface area contributed by atoms with Gasteiger partial charge in [-0.1, -0.05) is 18.2 Å². The molecule has 2 N–H and O–H groups in total. The topological polar surface area (TPSA) is 104 Å². The van der Waals surface area contributed by atoms with Crippen LogP contribution >= 0.6 is 0 Å². The molecule has 0 atom stereocenters. The number of benzene rings is 1. The van der Waals surface area contributed by atoms with Crippen molar-refractivity contribution in [1.82, 2.24) is 14.8 Å². The van der Waals surface area contributed by atoms with Crippen molar-refractivity contribution >= 4 is 21.0 Å². The minimum Gasteiger partial charge on any atom is -0.464 e. The van der Waals surface area contributed by atoms with E-state index in [4.69, 9.17) is 9.56 Å². The second-order valence-corrected chi connectivity index (χ2v) is 6.42. The number of sulfonamides is 1. The average molecular weight is 306 g/mol. The largest absolute Gasteiger partial charge is 0.464 e. The molecular formula is C13H14N4O3S. The van der Waals surface area contributed by atoms with Gasteiger partial charge < -0.3 is 4.42 Å². The third kappa shape index (κ3) is 2.22. The molecule has 0 saturated carbocycles. The number of para-hydroxylation sites is 1. The number of primary sulfonamides is 1. The monoisotopic (exact) mass is 306 g/mol. The van der Waals surface area contributed by atoms with Crippen LogP contribution < -0.4 is 5.14 Å². The van der Waals surface area contributed by atoms with Gasteiger partial charge in [0.2, 0.25) is 0 Å². The Morgan fingerprint density at radius 2 is 1.95 bits per heavy atom. The molecule has 2 heterocycles. The molecule has 3 aromatic rings. The Morgan fingerprint density at radius 3 is 2.62 bits per heavy atom. The molecule has 0 saturated heterocycles. The smallest absolute Gasteiger partial charge is 0.273 e. The van der Waals surface area contributed by atoms with Gasteiger partial charge in [0, 0.05) is 11.4 Å². The van der Waals surface area contributed by atoms with Crippen LogP contribution in [0.5, 0.6) is 0 Å². The molecule has 0 spiro atoms. The zero-order valence-corrected chi connectivity index (χ0v) is 12.3. The first-order valence-electron chi connectivity index (χ1n) is 6.34.